The molecule has 0 aliphatic carbocycles. The van der Waals surface area contributed by atoms with E-state index in [0.29, 0.717) is 5.76 Å². The molecule has 0 bridgehead atoms. The third kappa shape index (κ3) is 2.51. The van der Waals surface area contributed by atoms with E-state index in [1.807, 2.05) is 0 Å². The van der Waals surface area contributed by atoms with E-state index in [-0.39, 0.29) is 33.6 Å². The molecule has 0 saturated heterocycles. The normalized spacial score (nSPS) is 16.0. The second kappa shape index (κ2) is 6.14. The van der Waals surface area contributed by atoms with Gasteiger partial charge in [0.25, 0.3) is 0 Å². The summed E-state index contributed by atoms with van der Waals surface area (Å²) in [5, 5.41) is 10.2. The highest BCUT2D eigenvalue weighted by Gasteiger charge is 2.31. The van der Waals surface area contributed by atoms with Crippen LogP contribution in [-0.2, 0) is 14.2 Å². The van der Waals surface area contributed by atoms with E-state index < -0.39 is 23.4 Å². The second-order valence-electron chi connectivity index (χ2n) is 5.32. The molecule has 132 valence electrons. The van der Waals surface area contributed by atoms with Crippen LogP contribution in [0, 0.1) is 0 Å². The summed E-state index contributed by atoms with van der Waals surface area (Å²) in [7, 11) is 3.88. The van der Waals surface area contributed by atoms with E-state index >= 15 is 0 Å². The largest absolute Gasteiger partial charge is 0.502 e. The standard InChI is InChI=1S/C17H16O8/c1-7-5-9-12(17(23-4)24-7)14(19)11-8(16(20)22-3)6-10(21-2)13(18)15(11)25-9/h5-6,17-18H,1-4H3/t17-/m0/s1. The van der Waals surface area contributed by atoms with Crippen LogP contribution >= 0.6 is 0 Å². The average molecular weight is 348 g/mol. The lowest BCUT2D eigenvalue weighted by molar-refractivity contribution is -0.100. The van der Waals surface area contributed by atoms with Crippen molar-refractivity contribution in [3.63, 3.8) is 0 Å². The van der Waals surface area contributed by atoms with Gasteiger partial charge in [0.05, 0.1) is 25.2 Å². The number of methoxy groups -OCH3 is 3. The molecule has 0 radical (unpaired) electrons. The summed E-state index contributed by atoms with van der Waals surface area (Å²) in [6.45, 7) is 1.67. The van der Waals surface area contributed by atoms with Crippen molar-refractivity contribution < 1.29 is 33.3 Å². The molecule has 3 rings (SSSR count). The maximum atomic E-state index is 13.0. The van der Waals surface area contributed by atoms with Crippen LogP contribution < -0.4 is 10.2 Å². The highest BCUT2D eigenvalue weighted by molar-refractivity contribution is 6.06. The molecule has 8 heteroatoms. The van der Waals surface area contributed by atoms with Gasteiger partial charge >= 0.3 is 5.97 Å². The number of allylic oxidation sites excluding steroid dienone is 1. The fourth-order valence-corrected chi connectivity index (χ4v) is 2.73. The zero-order valence-electron chi connectivity index (χ0n) is 14.0. The Balaban J connectivity index is 2.50. The number of carbonyl (C=O) groups is 1. The van der Waals surface area contributed by atoms with E-state index in [1.54, 1.807) is 6.92 Å². The zero-order chi connectivity index (χ0) is 18.3. The van der Waals surface area contributed by atoms with Crippen LogP contribution in [0.4, 0.5) is 0 Å². The number of phenolic OH excluding ortho intramolecular Hbond substituents is 1. The summed E-state index contributed by atoms with van der Waals surface area (Å²) in [5.41, 5.74) is -0.741. The average Bonchev–Trinajstić information content (AvgIpc) is 2.61. The number of aromatic hydroxyl groups is 1. The number of ether oxygens (including phenoxy) is 4. The van der Waals surface area contributed by atoms with E-state index in [4.69, 9.17) is 23.4 Å². The van der Waals surface area contributed by atoms with Crippen molar-refractivity contribution in [1.29, 1.82) is 0 Å². The molecular weight excluding hydrogens is 332 g/mol. The van der Waals surface area contributed by atoms with Gasteiger partial charge in [0.15, 0.2) is 11.3 Å². The molecule has 1 aliphatic heterocycles. The Morgan fingerprint density at radius 3 is 2.60 bits per heavy atom. The van der Waals surface area contributed by atoms with Gasteiger partial charge in [-0.3, -0.25) is 4.79 Å². The summed E-state index contributed by atoms with van der Waals surface area (Å²) in [6.07, 6.45) is 0.512. The molecule has 0 unspecified atom stereocenters. The number of hydrogen-bond acceptors (Lipinski definition) is 8. The topological polar surface area (TPSA) is 104 Å². The Hall–Kier alpha value is -3.00. The number of phenols is 1. The lowest BCUT2D eigenvalue weighted by atomic mass is 10.0. The Morgan fingerprint density at radius 2 is 2.00 bits per heavy atom. The third-order valence-corrected chi connectivity index (χ3v) is 3.87. The van der Waals surface area contributed by atoms with E-state index in [9.17, 15) is 14.7 Å². The molecule has 2 heterocycles. The van der Waals surface area contributed by atoms with E-state index in [1.165, 1.54) is 33.5 Å². The van der Waals surface area contributed by atoms with Gasteiger partial charge in [-0.15, -0.1) is 0 Å². The predicted molar refractivity (Wildman–Crippen MR) is 86.5 cm³/mol. The third-order valence-electron chi connectivity index (χ3n) is 3.87. The summed E-state index contributed by atoms with van der Waals surface area (Å²) >= 11 is 0. The molecule has 2 aromatic rings. The highest BCUT2D eigenvalue weighted by atomic mass is 16.7. The van der Waals surface area contributed by atoms with Crippen molar-refractivity contribution >= 4 is 23.0 Å². The first kappa shape index (κ1) is 16.8. The minimum Gasteiger partial charge on any atom is -0.502 e. The van der Waals surface area contributed by atoms with Crippen LogP contribution in [0.3, 0.4) is 0 Å². The van der Waals surface area contributed by atoms with Crippen molar-refractivity contribution in [3.05, 3.63) is 38.9 Å². The van der Waals surface area contributed by atoms with Crippen LogP contribution in [-0.4, -0.2) is 32.4 Å². The number of hydrogen-bond donors (Lipinski definition) is 1. The van der Waals surface area contributed by atoms with Gasteiger partial charge in [0.1, 0.15) is 17.1 Å². The van der Waals surface area contributed by atoms with Gasteiger partial charge < -0.3 is 28.5 Å². The van der Waals surface area contributed by atoms with Gasteiger partial charge in [0.2, 0.25) is 17.5 Å². The fraction of sp³-hybridized carbons (Fsp3) is 0.294. The quantitative estimate of drug-likeness (QED) is 0.843. The molecule has 25 heavy (non-hydrogen) atoms. The molecule has 8 nitrogen and oxygen atoms in total. The van der Waals surface area contributed by atoms with Crippen LogP contribution in [0.2, 0.25) is 0 Å². The SMILES string of the molecule is COC(=O)c1cc(OC)c(O)c2oc3c(c(=O)c12)[C@@H](OC)OC(C)=C3. The lowest BCUT2D eigenvalue weighted by Gasteiger charge is -2.23. The molecule has 1 aromatic carbocycles. The molecule has 1 N–H and O–H groups in total. The summed E-state index contributed by atoms with van der Waals surface area (Å²) in [4.78, 5) is 25.1. The minimum absolute atomic E-state index is 0.0212. The van der Waals surface area contributed by atoms with E-state index in [0.717, 1.165) is 0 Å². The number of esters is 1. The number of fused-ring (bicyclic) bond motifs is 2. The van der Waals surface area contributed by atoms with Crippen molar-refractivity contribution in [2.24, 2.45) is 0 Å². The Labute approximate surface area is 142 Å². The summed E-state index contributed by atoms with van der Waals surface area (Å²) in [6, 6.07) is 1.22. The van der Waals surface area contributed by atoms with Crippen molar-refractivity contribution in [1.82, 2.24) is 0 Å². The zero-order valence-corrected chi connectivity index (χ0v) is 14.0. The first-order valence-corrected chi connectivity index (χ1v) is 7.29. The number of carbonyl (C=O) groups excluding carboxylic acids is 1. The molecule has 0 fully saturated rings. The first-order valence-electron chi connectivity index (χ1n) is 7.29. The molecule has 0 saturated carbocycles. The van der Waals surface area contributed by atoms with Crippen LogP contribution in [0.5, 0.6) is 11.5 Å². The maximum absolute atomic E-state index is 13.0. The van der Waals surface area contributed by atoms with Crippen LogP contribution in [0.25, 0.3) is 17.0 Å². The van der Waals surface area contributed by atoms with E-state index in [2.05, 4.69) is 0 Å². The second-order valence-corrected chi connectivity index (χ2v) is 5.32. The monoisotopic (exact) mass is 348 g/mol. The van der Waals surface area contributed by atoms with Crippen molar-refractivity contribution in [2.45, 2.75) is 13.2 Å². The predicted octanol–water partition coefficient (Wildman–Crippen LogP) is 2.33. The summed E-state index contributed by atoms with van der Waals surface area (Å²) < 4.78 is 26.1. The maximum Gasteiger partial charge on any atom is 0.338 e. The molecule has 1 atom stereocenters. The van der Waals surface area contributed by atoms with Gasteiger partial charge in [-0.25, -0.2) is 4.79 Å². The Kier molecular flexibility index (Phi) is 4.13. The highest BCUT2D eigenvalue weighted by Crippen LogP contribution is 2.39. The van der Waals surface area contributed by atoms with Crippen molar-refractivity contribution in [2.75, 3.05) is 21.3 Å². The van der Waals surface area contributed by atoms with Gasteiger partial charge in [0, 0.05) is 13.2 Å². The molecule has 0 amide bonds. The summed E-state index contributed by atoms with van der Waals surface area (Å²) in [5.74, 6) is -0.540. The smallest absolute Gasteiger partial charge is 0.338 e. The number of benzene rings is 1. The lowest BCUT2D eigenvalue weighted by Crippen LogP contribution is -2.23. The number of rotatable bonds is 3. The van der Waals surface area contributed by atoms with Crippen LogP contribution in [0.1, 0.15) is 34.9 Å². The fourth-order valence-electron chi connectivity index (χ4n) is 2.73. The van der Waals surface area contributed by atoms with Gasteiger partial charge in [-0.05, 0) is 13.0 Å². The minimum atomic E-state index is -0.990. The van der Waals surface area contributed by atoms with Gasteiger partial charge in [-0.2, -0.15) is 0 Å². The van der Waals surface area contributed by atoms with Crippen molar-refractivity contribution in [3.8, 4) is 11.5 Å². The van der Waals surface area contributed by atoms with Gasteiger partial charge in [-0.1, -0.05) is 0 Å². The molecule has 1 aromatic heterocycles. The van der Waals surface area contributed by atoms with Crippen LogP contribution in [0.15, 0.2) is 21.0 Å². The first-order chi connectivity index (χ1) is 11.9. The molecule has 0 spiro atoms. The molecular formula is C17H16O8. The Bertz CT molecular complexity index is 953. The Morgan fingerprint density at radius 1 is 1.28 bits per heavy atom. The molecule has 1 aliphatic rings.